The molecule has 0 radical (unpaired) electrons. The molecule has 0 aliphatic carbocycles. The zero-order chi connectivity index (χ0) is 14.8. The number of hydrogen-bond donors (Lipinski definition) is 1. The molecule has 2 rings (SSSR count). The van der Waals surface area contributed by atoms with Gasteiger partial charge >= 0.3 is 0 Å². The van der Waals surface area contributed by atoms with Gasteiger partial charge in [0.05, 0.1) is 0 Å². The topological polar surface area (TPSA) is 46.2 Å². The summed E-state index contributed by atoms with van der Waals surface area (Å²) in [6.07, 6.45) is 0. The van der Waals surface area contributed by atoms with Gasteiger partial charge in [0.2, 0.25) is 0 Å². The SMILES string of the molecule is O=S(=O)(Nc1ccc(CCl)cc1)c1ccc(F)cc1F. The highest BCUT2D eigenvalue weighted by Gasteiger charge is 2.19. The molecular formula is C13H10ClF2NO2S. The van der Waals surface area contributed by atoms with E-state index in [1.165, 1.54) is 12.1 Å². The first-order valence-corrected chi connectivity index (χ1v) is 7.57. The van der Waals surface area contributed by atoms with Crippen molar-refractivity contribution in [1.29, 1.82) is 0 Å². The number of sulfonamides is 1. The maximum atomic E-state index is 13.5. The lowest BCUT2D eigenvalue weighted by Gasteiger charge is -2.09. The van der Waals surface area contributed by atoms with Crippen LogP contribution in [0.4, 0.5) is 14.5 Å². The van der Waals surface area contributed by atoms with Gasteiger partial charge in [0.15, 0.2) is 0 Å². The number of benzene rings is 2. The van der Waals surface area contributed by atoms with Crippen molar-refractivity contribution in [3.8, 4) is 0 Å². The van der Waals surface area contributed by atoms with E-state index in [1.807, 2.05) is 0 Å². The van der Waals surface area contributed by atoms with Crippen LogP contribution in [0.5, 0.6) is 0 Å². The van der Waals surface area contributed by atoms with Gasteiger partial charge in [-0.15, -0.1) is 11.6 Å². The molecule has 0 aromatic heterocycles. The Morgan fingerprint density at radius 1 is 1.05 bits per heavy atom. The van der Waals surface area contributed by atoms with Crippen LogP contribution in [0.15, 0.2) is 47.4 Å². The van der Waals surface area contributed by atoms with Gasteiger partial charge in [0.25, 0.3) is 10.0 Å². The van der Waals surface area contributed by atoms with Crippen LogP contribution in [-0.4, -0.2) is 8.42 Å². The average molecular weight is 318 g/mol. The molecule has 0 aliphatic rings. The Morgan fingerprint density at radius 3 is 2.25 bits per heavy atom. The molecule has 20 heavy (non-hydrogen) atoms. The predicted molar refractivity (Wildman–Crippen MR) is 73.2 cm³/mol. The molecule has 2 aromatic rings. The van der Waals surface area contributed by atoms with Gasteiger partial charge < -0.3 is 0 Å². The summed E-state index contributed by atoms with van der Waals surface area (Å²) >= 11 is 5.62. The molecular weight excluding hydrogens is 308 g/mol. The second-order valence-electron chi connectivity index (χ2n) is 4.01. The molecule has 0 unspecified atom stereocenters. The summed E-state index contributed by atoms with van der Waals surface area (Å²) in [5.74, 6) is -1.68. The van der Waals surface area contributed by atoms with Crippen LogP contribution in [0.3, 0.4) is 0 Å². The number of nitrogens with one attached hydrogen (secondary N) is 1. The molecule has 0 fully saturated rings. The molecule has 0 amide bonds. The summed E-state index contributed by atoms with van der Waals surface area (Å²) in [6.45, 7) is 0. The normalized spacial score (nSPS) is 11.3. The Kier molecular flexibility index (Phi) is 4.25. The molecule has 0 aliphatic heterocycles. The Hall–Kier alpha value is -1.66. The van der Waals surface area contributed by atoms with Crippen molar-refractivity contribution in [2.45, 2.75) is 10.8 Å². The minimum Gasteiger partial charge on any atom is -0.280 e. The summed E-state index contributed by atoms with van der Waals surface area (Å²) in [7, 11) is -4.10. The maximum absolute atomic E-state index is 13.5. The highest BCUT2D eigenvalue weighted by Crippen LogP contribution is 2.20. The lowest BCUT2D eigenvalue weighted by molar-refractivity contribution is 0.551. The first-order chi connectivity index (χ1) is 9.42. The van der Waals surface area contributed by atoms with Gasteiger partial charge in [-0.3, -0.25) is 4.72 Å². The first-order valence-electron chi connectivity index (χ1n) is 5.55. The Labute approximate surface area is 120 Å². The van der Waals surface area contributed by atoms with E-state index in [9.17, 15) is 17.2 Å². The maximum Gasteiger partial charge on any atom is 0.264 e. The van der Waals surface area contributed by atoms with Gasteiger partial charge in [0, 0.05) is 17.6 Å². The Balaban J connectivity index is 2.30. The van der Waals surface area contributed by atoms with Crippen molar-refractivity contribution in [2.24, 2.45) is 0 Å². The van der Waals surface area contributed by atoms with E-state index in [-0.39, 0.29) is 5.69 Å². The van der Waals surface area contributed by atoms with Crippen LogP contribution in [0.2, 0.25) is 0 Å². The van der Waals surface area contributed by atoms with Crippen molar-refractivity contribution in [2.75, 3.05) is 4.72 Å². The highest BCUT2D eigenvalue weighted by molar-refractivity contribution is 7.92. The second kappa shape index (κ2) is 5.76. The monoisotopic (exact) mass is 317 g/mol. The van der Waals surface area contributed by atoms with Crippen LogP contribution in [0, 0.1) is 11.6 Å². The van der Waals surface area contributed by atoms with Crippen LogP contribution >= 0.6 is 11.6 Å². The third kappa shape index (κ3) is 3.26. The molecule has 0 heterocycles. The van der Waals surface area contributed by atoms with Crippen molar-refractivity contribution in [1.82, 2.24) is 0 Å². The zero-order valence-electron chi connectivity index (χ0n) is 10.1. The molecule has 7 heteroatoms. The second-order valence-corrected chi connectivity index (χ2v) is 5.93. The lowest BCUT2D eigenvalue weighted by Crippen LogP contribution is -2.14. The molecule has 0 bridgehead atoms. The summed E-state index contributed by atoms with van der Waals surface area (Å²) in [5.41, 5.74) is 1.09. The third-order valence-corrected chi connectivity index (χ3v) is 4.27. The minimum absolute atomic E-state index is 0.266. The smallest absolute Gasteiger partial charge is 0.264 e. The summed E-state index contributed by atoms with van der Waals surface area (Å²) in [4.78, 5) is -0.611. The van der Waals surface area contributed by atoms with E-state index in [0.717, 1.165) is 17.7 Å². The molecule has 106 valence electrons. The Bertz CT molecular complexity index is 718. The van der Waals surface area contributed by atoms with E-state index >= 15 is 0 Å². The third-order valence-electron chi connectivity index (χ3n) is 2.54. The van der Waals surface area contributed by atoms with Crippen LogP contribution in [-0.2, 0) is 15.9 Å². The van der Waals surface area contributed by atoms with Crippen molar-refractivity contribution < 1.29 is 17.2 Å². The van der Waals surface area contributed by atoms with E-state index in [1.54, 1.807) is 12.1 Å². The van der Waals surface area contributed by atoms with Crippen molar-refractivity contribution >= 4 is 27.3 Å². The van der Waals surface area contributed by atoms with Gasteiger partial charge in [-0.05, 0) is 29.8 Å². The van der Waals surface area contributed by atoms with Crippen LogP contribution < -0.4 is 4.72 Å². The number of rotatable bonds is 4. The summed E-state index contributed by atoms with van der Waals surface area (Å²) in [5, 5.41) is 0. The highest BCUT2D eigenvalue weighted by atomic mass is 35.5. The van der Waals surface area contributed by atoms with Gasteiger partial charge in [-0.25, -0.2) is 17.2 Å². The standard InChI is InChI=1S/C13H10ClF2NO2S/c14-8-9-1-4-11(5-2-9)17-20(18,19)13-6-3-10(15)7-12(13)16/h1-7,17H,8H2. The van der Waals surface area contributed by atoms with E-state index in [0.29, 0.717) is 11.9 Å². The molecule has 3 nitrogen and oxygen atoms in total. The minimum atomic E-state index is -4.10. The Morgan fingerprint density at radius 2 is 1.70 bits per heavy atom. The van der Waals surface area contributed by atoms with E-state index in [4.69, 9.17) is 11.6 Å². The summed E-state index contributed by atoms with van der Waals surface area (Å²) < 4.78 is 52.5. The van der Waals surface area contributed by atoms with E-state index in [2.05, 4.69) is 4.72 Å². The molecule has 0 atom stereocenters. The molecule has 1 N–H and O–H groups in total. The summed E-state index contributed by atoms with van der Waals surface area (Å²) in [6, 6.07) is 8.59. The molecule has 0 spiro atoms. The fourth-order valence-electron chi connectivity index (χ4n) is 1.57. The molecule has 2 aromatic carbocycles. The molecule has 0 saturated carbocycles. The fourth-order valence-corrected chi connectivity index (χ4v) is 2.86. The quantitative estimate of drug-likeness (QED) is 0.877. The van der Waals surface area contributed by atoms with Gasteiger partial charge in [-0.2, -0.15) is 0 Å². The average Bonchev–Trinajstić information content (AvgIpc) is 2.38. The lowest BCUT2D eigenvalue weighted by atomic mass is 10.2. The number of hydrogen-bond acceptors (Lipinski definition) is 2. The van der Waals surface area contributed by atoms with E-state index < -0.39 is 26.6 Å². The molecule has 0 saturated heterocycles. The fraction of sp³-hybridized carbons (Fsp3) is 0.0769. The van der Waals surface area contributed by atoms with Crippen molar-refractivity contribution in [3.05, 3.63) is 59.7 Å². The predicted octanol–water partition coefficient (Wildman–Crippen LogP) is 3.50. The van der Waals surface area contributed by atoms with Crippen LogP contribution in [0.1, 0.15) is 5.56 Å². The number of halogens is 3. The largest absolute Gasteiger partial charge is 0.280 e. The number of alkyl halides is 1. The van der Waals surface area contributed by atoms with Crippen molar-refractivity contribution in [3.63, 3.8) is 0 Å². The van der Waals surface area contributed by atoms with Crippen LogP contribution in [0.25, 0.3) is 0 Å². The number of anilines is 1. The zero-order valence-corrected chi connectivity index (χ0v) is 11.7. The van der Waals surface area contributed by atoms with Gasteiger partial charge in [-0.1, -0.05) is 12.1 Å². The van der Waals surface area contributed by atoms with Gasteiger partial charge in [0.1, 0.15) is 16.5 Å². The first kappa shape index (κ1) is 14.7.